The lowest BCUT2D eigenvalue weighted by atomic mass is 9.93. The Kier molecular flexibility index (Phi) is 8.61. The molecule has 0 aromatic heterocycles. The van der Waals surface area contributed by atoms with Crippen LogP contribution in [0.3, 0.4) is 0 Å². The standard InChI is InChI=1S/C28H35NO4/c1-20(26-11-7-6-9-23(26)14-15-27(31)32)33-19-25(30)18-29-28(2,3)17-21-12-13-22-8-4-5-10-24(22)16-21/h4-13,16,20,25,29-30H,14-15,17-19H2,1-3H3,(H,31,32)/t20-,25-/m1/s1. The van der Waals surface area contributed by atoms with Gasteiger partial charge < -0.3 is 20.3 Å². The summed E-state index contributed by atoms with van der Waals surface area (Å²) in [6.45, 7) is 6.83. The van der Waals surface area contributed by atoms with Gasteiger partial charge in [-0.25, -0.2) is 0 Å². The van der Waals surface area contributed by atoms with Crippen molar-refractivity contribution in [1.29, 1.82) is 0 Å². The summed E-state index contributed by atoms with van der Waals surface area (Å²) in [5.41, 5.74) is 3.01. The van der Waals surface area contributed by atoms with Crippen LogP contribution < -0.4 is 5.32 Å². The van der Waals surface area contributed by atoms with Crippen molar-refractivity contribution in [3.63, 3.8) is 0 Å². The van der Waals surface area contributed by atoms with Gasteiger partial charge in [-0.3, -0.25) is 4.79 Å². The second-order valence-corrected chi connectivity index (χ2v) is 9.35. The average Bonchev–Trinajstić information content (AvgIpc) is 2.79. The predicted molar refractivity (Wildman–Crippen MR) is 133 cm³/mol. The molecule has 3 aromatic rings. The van der Waals surface area contributed by atoms with E-state index in [0.29, 0.717) is 13.0 Å². The van der Waals surface area contributed by atoms with Crippen LogP contribution in [0.4, 0.5) is 0 Å². The highest BCUT2D eigenvalue weighted by atomic mass is 16.5. The largest absolute Gasteiger partial charge is 0.481 e. The van der Waals surface area contributed by atoms with Gasteiger partial charge in [0.2, 0.25) is 0 Å². The van der Waals surface area contributed by atoms with Crippen molar-refractivity contribution in [3.8, 4) is 0 Å². The third-order valence-corrected chi connectivity index (χ3v) is 5.92. The molecule has 0 heterocycles. The van der Waals surface area contributed by atoms with Crippen LogP contribution in [0.15, 0.2) is 66.7 Å². The number of hydrogen-bond acceptors (Lipinski definition) is 4. The van der Waals surface area contributed by atoms with Gasteiger partial charge in [-0.05, 0) is 61.1 Å². The highest BCUT2D eigenvalue weighted by Crippen LogP contribution is 2.23. The maximum Gasteiger partial charge on any atom is 0.303 e. The number of ether oxygens (including phenoxy) is 1. The van der Waals surface area contributed by atoms with Crippen molar-refractivity contribution in [2.75, 3.05) is 13.2 Å². The molecule has 3 aromatic carbocycles. The molecule has 33 heavy (non-hydrogen) atoms. The number of carboxylic acid groups (broad SMARTS) is 1. The smallest absolute Gasteiger partial charge is 0.303 e. The Balaban J connectivity index is 1.49. The summed E-state index contributed by atoms with van der Waals surface area (Å²) in [4.78, 5) is 10.9. The van der Waals surface area contributed by atoms with E-state index in [9.17, 15) is 9.90 Å². The van der Waals surface area contributed by atoms with Gasteiger partial charge in [0.25, 0.3) is 0 Å². The number of hydrogen-bond donors (Lipinski definition) is 3. The molecule has 0 amide bonds. The Morgan fingerprint density at radius 1 is 1.03 bits per heavy atom. The summed E-state index contributed by atoms with van der Waals surface area (Å²) in [6, 6.07) is 22.6. The zero-order valence-corrected chi connectivity index (χ0v) is 19.8. The molecule has 3 N–H and O–H groups in total. The molecule has 5 nitrogen and oxygen atoms in total. The van der Waals surface area contributed by atoms with Crippen LogP contribution >= 0.6 is 0 Å². The van der Waals surface area contributed by atoms with E-state index < -0.39 is 12.1 Å². The minimum atomic E-state index is -0.814. The Labute approximate surface area is 196 Å². The fraction of sp³-hybridized carbons (Fsp3) is 0.393. The van der Waals surface area contributed by atoms with E-state index in [1.807, 2.05) is 37.3 Å². The number of aliphatic hydroxyl groups is 1. The van der Waals surface area contributed by atoms with Crippen LogP contribution in [0.5, 0.6) is 0 Å². The summed E-state index contributed by atoms with van der Waals surface area (Å²) < 4.78 is 5.93. The van der Waals surface area contributed by atoms with Crippen molar-refractivity contribution in [2.24, 2.45) is 0 Å². The third-order valence-electron chi connectivity index (χ3n) is 5.92. The third kappa shape index (κ3) is 7.67. The molecule has 5 heteroatoms. The Morgan fingerprint density at radius 3 is 2.48 bits per heavy atom. The predicted octanol–water partition coefficient (Wildman–Crippen LogP) is 4.91. The Hall–Kier alpha value is -2.73. The Bertz CT molecular complexity index is 1060. The molecule has 2 atom stereocenters. The van der Waals surface area contributed by atoms with Crippen LogP contribution in [0.1, 0.15) is 50.0 Å². The summed E-state index contributed by atoms with van der Waals surface area (Å²) in [6.07, 6.45) is 0.526. The second-order valence-electron chi connectivity index (χ2n) is 9.35. The lowest BCUT2D eigenvalue weighted by Crippen LogP contribution is -2.46. The van der Waals surface area contributed by atoms with Crippen molar-refractivity contribution < 1.29 is 19.7 Å². The van der Waals surface area contributed by atoms with Crippen molar-refractivity contribution >= 4 is 16.7 Å². The van der Waals surface area contributed by atoms with Gasteiger partial charge >= 0.3 is 5.97 Å². The molecule has 0 spiro atoms. The monoisotopic (exact) mass is 449 g/mol. The fourth-order valence-corrected chi connectivity index (χ4v) is 4.12. The minimum Gasteiger partial charge on any atom is -0.481 e. The van der Waals surface area contributed by atoms with Crippen LogP contribution in [0, 0.1) is 0 Å². The summed E-state index contributed by atoms with van der Waals surface area (Å²) in [7, 11) is 0. The number of benzene rings is 3. The molecule has 0 radical (unpaired) electrons. The van der Waals surface area contributed by atoms with Crippen LogP contribution in [0.2, 0.25) is 0 Å². The van der Waals surface area contributed by atoms with E-state index in [4.69, 9.17) is 9.84 Å². The first-order valence-corrected chi connectivity index (χ1v) is 11.6. The van der Waals surface area contributed by atoms with Gasteiger partial charge in [-0.1, -0.05) is 66.7 Å². The molecule has 0 saturated heterocycles. The molecule has 3 rings (SSSR count). The number of aliphatic hydroxyl groups excluding tert-OH is 1. The molecule has 176 valence electrons. The number of fused-ring (bicyclic) bond motifs is 1. The average molecular weight is 450 g/mol. The minimum absolute atomic E-state index is 0.0859. The summed E-state index contributed by atoms with van der Waals surface area (Å²) in [5.74, 6) is -0.814. The number of rotatable bonds is 12. The molecule has 0 aliphatic rings. The maximum atomic E-state index is 10.9. The summed E-state index contributed by atoms with van der Waals surface area (Å²) >= 11 is 0. The van der Waals surface area contributed by atoms with Gasteiger partial charge in [-0.15, -0.1) is 0 Å². The number of carboxylic acids is 1. The Morgan fingerprint density at radius 2 is 1.73 bits per heavy atom. The van der Waals surface area contributed by atoms with Crippen LogP contribution in [-0.4, -0.2) is 41.0 Å². The number of β-amino-alcohol motifs (C(OH)–C–C–N with tert-alkyl or cyclic N) is 1. The second kappa shape index (κ2) is 11.4. The van der Waals surface area contributed by atoms with E-state index in [1.54, 1.807) is 0 Å². The van der Waals surface area contributed by atoms with E-state index in [1.165, 1.54) is 16.3 Å². The molecule has 0 fully saturated rings. The van der Waals surface area contributed by atoms with E-state index >= 15 is 0 Å². The highest BCUT2D eigenvalue weighted by molar-refractivity contribution is 5.83. The molecular weight excluding hydrogens is 414 g/mol. The number of carbonyl (C=O) groups is 1. The maximum absolute atomic E-state index is 10.9. The van der Waals surface area contributed by atoms with E-state index in [2.05, 4.69) is 55.6 Å². The molecule has 0 unspecified atom stereocenters. The molecule has 0 bridgehead atoms. The molecule has 0 aliphatic heterocycles. The zero-order chi connectivity index (χ0) is 23.8. The van der Waals surface area contributed by atoms with Gasteiger partial charge in [0.05, 0.1) is 18.8 Å². The van der Waals surface area contributed by atoms with Gasteiger partial charge in [-0.2, -0.15) is 0 Å². The topological polar surface area (TPSA) is 78.8 Å². The normalized spacial score (nSPS) is 13.7. The van der Waals surface area contributed by atoms with Crippen molar-refractivity contribution in [3.05, 3.63) is 83.4 Å². The van der Waals surface area contributed by atoms with Gasteiger partial charge in [0.15, 0.2) is 0 Å². The van der Waals surface area contributed by atoms with E-state index in [-0.39, 0.29) is 24.7 Å². The lowest BCUT2D eigenvalue weighted by molar-refractivity contribution is -0.136. The van der Waals surface area contributed by atoms with Crippen LogP contribution in [-0.2, 0) is 22.4 Å². The number of aryl methyl sites for hydroxylation is 1. The van der Waals surface area contributed by atoms with Crippen molar-refractivity contribution in [2.45, 2.75) is 57.8 Å². The molecular formula is C28H35NO4. The summed E-state index contributed by atoms with van der Waals surface area (Å²) in [5, 5.41) is 25.4. The SMILES string of the molecule is C[C@@H](OC[C@H](O)CNC(C)(C)Cc1ccc2ccccc2c1)c1ccccc1CCC(=O)O. The first-order chi connectivity index (χ1) is 15.7. The lowest BCUT2D eigenvalue weighted by Gasteiger charge is -2.28. The van der Waals surface area contributed by atoms with Crippen molar-refractivity contribution in [1.82, 2.24) is 5.32 Å². The zero-order valence-electron chi connectivity index (χ0n) is 19.8. The first kappa shape index (κ1) is 24.9. The molecule has 0 saturated carbocycles. The number of nitrogens with one attached hydrogen (secondary N) is 1. The number of aliphatic carboxylic acids is 1. The molecule has 0 aliphatic carbocycles. The van der Waals surface area contributed by atoms with E-state index in [0.717, 1.165) is 17.5 Å². The highest BCUT2D eigenvalue weighted by Gasteiger charge is 2.20. The van der Waals surface area contributed by atoms with Gasteiger partial charge in [0.1, 0.15) is 0 Å². The van der Waals surface area contributed by atoms with Crippen LogP contribution in [0.25, 0.3) is 10.8 Å². The quantitative estimate of drug-likeness (QED) is 0.366. The van der Waals surface area contributed by atoms with Gasteiger partial charge in [0, 0.05) is 18.5 Å². The fourth-order valence-electron chi connectivity index (χ4n) is 4.12. The first-order valence-electron chi connectivity index (χ1n) is 11.6.